The lowest BCUT2D eigenvalue weighted by Gasteiger charge is -2.29. The summed E-state index contributed by atoms with van der Waals surface area (Å²) in [5, 5.41) is 11.9. The molecule has 0 unspecified atom stereocenters. The second-order valence-corrected chi connectivity index (χ2v) is 9.85. The number of ether oxygens (including phenoxy) is 1. The zero-order valence-electron chi connectivity index (χ0n) is 20.3. The summed E-state index contributed by atoms with van der Waals surface area (Å²) in [5.74, 6) is -0.0696. The van der Waals surface area contributed by atoms with Crippen LogP contribution in [-0.2, 0) is 16.2 Å². The van der Waals surface area contributed by atoms with Crippen LogP contribution in [0.2, 0.25) is 0 Å². The second kappa shape index (κ2) is 11.5. The zero-order valence-corrected chi connectivity index (χ0v) is 22.7. The average molecular weight is 575 g/mol. The predicted octanol–water partition coefficient (Wildman–Crippen LogP) is 6.24. The van der Waals surface area contributed by atoms with Gasteiger partial charge < -0.3 is 4.74 Å². The zero-order chi connectivity index (χ0) is 26.5. The van der Waals surface area contributed by atoms with E-state index in [0.29, 0.717) is 33.0 Å². The van der Waals surface area contributed by atoms with Crippen LogP contribution in [-0.4, -0.2) is 16.9 Å². The van der Waals surface area contributed by atoms with E-state index >= 15 is 0 Å². The molecule has 1 saturated heterocycles. The highest BCUT2D eigenvalue weighted by atomic mass is 79.9. The number of halogens is 1. The van der Waals surface area contributed by atoms with Gasteiger partial charge in [0.15, 0.2) is 5.11 Å². The predicted molar refractivity (Wildman–Crippen MR) is 151 cm³/mol. The van der Waals surface area contributed by atoms with E-state index in [1.54, 1.807) is 30.3 Å². The molecule has 3 aromatic carbocycles. The SMILES string of the molecule is CC[C@@H](C)c1ccc(N2C(=O)/C(=C/c3ccc(OCc4ccccc4C#N)c(Br)c3)C(=O)NC2=S)cc1. The molecule has 1 heterocycles. The Hall–Kier alpha value is -3.80. The van der Waals surface area contributed by atoms with Gasteiger partial charge in [0.25, 0.3) is 11.8 Å². The number of hydrogen-bond acceptors (Lipinski definition) is 5. The van der Waals surface area contributed by atoms with Crippen LogP contribution in [0.4, 0.5) is 5.69 Å². The van der Waals surface area contributed by atoms with Crippen LogP contribution in [0, 0.1) is 11.3 Å². The Morgan fingerprint density at radius 1 is 1.14 bits per heavy atom. The molecule has 1 aliphatic rings. The van der Waals surface area contributed by atoms with Crippen LogP contribution in [0.1, 0.15) is 48.4 Å². The van der Waals surface area contributed by atoms with Crippen molar-refractivity contribution < 1.29 is 14.3 Å². The maximum absolute atomic E-state index is 13.3. The summed E-state index contributed by atoms with van der Waals surface area (Å²) >= 11 is 8.81. The molecular formula is C29H24BrN3O3S. The molecule has 0 bridgehead atoms. The molecule has 2 amide bonds. The Kier molecular flexibility index (Phi) is 8.17. The minimum absolute atomic E-state index is 0.0249. The molecule has 0 aromatic heterocycles. The van der Waals surface area contributed by atoms with E-state index in [0.717, 1.165) is 12.0 Å². The first kappa shape index (κ1) is 26.3. The fourth-order valence-corrected chi connectivity index (χ4v) is 4.67. The normalized spacial score (nSPS) is 15.4. The molecule has 0 spiro atoms. The quantitative estimate of drug-likeness (QED) is 0.205. The van der Waals surface area contributed by atoms with Gasteiger partial charge in [0, 0.05) is 5.56 Å². The number of nitriles is 1. The van der Waals surface area contributed by atoms with Gasteiger partial charge in [0.1, 0.15) is 17.9 Å². The molecule has 1 N–H and O–H groups in total. The lowest BCUT2D eigenvalue weighted by molar-refractivity contribution is -0.122. The molecule has 1 fully saturated rings. The first-order valence-electron chi connectivity index (χ1n) is 11.7. The highest BCUT2D eigenvalue weighted by Gasteiger charge is 2.34. The molecule has 6 nitrogen and oxygen atoms in total. The monoisotopic (exact) mass is 573 g/mol. The molecule has 0 aliphatic carbocycles. The Labute approximate surface area is 229 Å². The maximum atomic E-state index is 13.3. The number of anilines is 1. The van der Waals surface area contributed by atoms with Gasteiger partial charge in [-0.05, 0) is 88.0 Å². The van der Waals surface area contributed by atoms with Crippen molar-refractivity contribution >= 4 is 56.8 Å². The topological polar surface area (TPSA) is 82.4 Å². The number of carbonyl (C=O) groups is 2. The van der Waals surface area contributed by atoms with Gasteiger partial charge in [-0.3, -0.25) is 19.8 Å². The first-order chi connectivity index (χ1) is 17.8. The molecule has 37 heavy (non-hydrogen) atoms. The Morgan fingerprint density at radius 3 is 2.54 bits per heavy atom. The van der Waals surface area contributed by atoms with Crippen molar-refractivity contribution in [1.29, 1.82) is 5.26 Å². The molecule has 1 aliphatic heterocycles. The van der Waals surface area contributed by atoms with E-state index in [1.807, 2.05) is 36.4 Å². The number of thiocarbonyl (C=S) groups is 1. The van der Waals surface area contributed by atoms with Crippen LogP contribution < -0.4 is 15.0 Å². The van der Waals surface area contributed by atoms with Crippen molar-refractivity contribution in [1.82, 2.24) is 5.32 Å². The van der Waals surface area contributed by atoms with Crippen LogP contribution in [0.25, 0.3) is 6.08 Å². The summed E-state index contributed by atoms with van der Waals surface area (Å²) in [7, 11) is 0. The van der Waals surface area contributed by atoms with Crippen molar-refractivity contribution in [2.75, 3.05) is 4.90 Å². The molecule has 0 radical (unpaired) electrons. The molecule has 1 atom stereocenters. The summed E-state index contributed by atoms with van der Waals surface area (Å²) in [6, 6.07) is 22.3. The van der Waals surface area contributed by atoms with E-state index in [4.69, 9.17) is 17.0 Å². The molecule has 8 heteroatoms. The Morgan fingerprint density at radius 2 is 1.86 bits per heavy atom. The van der Waals surface area contributed by atoms with Gasteiger partial charge in [-0.25, -0.2) is 0 Å². The van der Waals surface area contributed by atoms with E-state index in [9.17, 15) is 14.9 Å². The number of amides is 2. The first-order valence-corrected chi connectivity index (χ1v) is 12.9. The van der Waals surface area contributed by atoms with Crippen LogP contribution in [0.15, 0.2) is 76.8 Å². The van der Waals surface area contributed by atoms with Gasteiger partial charge in [0.2, 0.25) is 0 Å². The second-order valence-electron chi connectivity index (χ2n) is 8.61. The number of benzene rings is 3. The van der Waals surface area contributed by atoms with Crippen molar-refractivity contribution in [2.24, 2.45) is 0 Å². The number of carbonyl (C=O) groups excluding carboxylic acids is 2. The minimum atomic E-state index is -0.549. The maximum Gasteiger partial charge on any atom is 0.270 e. The Bertz CT molecular complexity index is 1440. The molecule has 0 saturated carbocycles. The smallest absolute Gasteiger partial charge is 0.270 e. The van der Waals surface area contributed by atoms with Crippen molar-refractivity contribution in [3.8, 4) is 11.8 Å². The molecule has 186 valence electrons. The third-order valence-electron chi connectivity index (χ3n) is 6.22. The van der Waals surface area contributed by atoms with Gasteiger partial charge in [-0.2, -0.15) is 5.26 Å². The fraction of sp³-hybridized carbons (Fsp3) is 0.172. The van der Waals surface area contributed by atoms with Gasteiger partial charge >= 0.3 is 0 Å². The van der Waals surface area contributed by atoms with E-state index in [-0.39, 0.29) is 17.3 Å². The van der Waals surface area contributed by atoms with Crippen molar-refractivity contribution in [3.05, 3.63) is 99.0 Å². The Balaban J connectivity index is 1.55. The van der Waals surface area contributed by atoms with E-state index in [2.05, 4.69) is 41.2 Å². The lowest BCUT2D eigenvalue weighted by atomic mass is 9.98. The third-order valence-corrected chi connectivity index (χ3v) is 7.13. The van der Waals surface area contributed by atoms with Gasteiger partial charge in [0.05, 0.1) is 21.8 Å². The molecule has 3 aromatic rings. The van der Waals surface area contributed by atoms with Crippen LogP contribution in [0.3, 0.4) is 0 Å². The standard InChI is InChI=1S/C29H24BrN3O3S/c1-3-18(2)20-9-11-23(12-10-20)33-28(35)24(27(34)32-29(33)37)14-19-8-13-26(25(30)15-19)36-17-22-7-5-4-6-21(22)16-31/h4-15,18H,3,17H2,1-2H3,(H,32,34,37)/b24-14+/t18-/m1/s1. The van der Waals surface area contributed by atoms with Crippen molar-refractivity contribution in [3.63, 3.8) is 0 Å². The summed E-state index contributed by atoms with van der Waals surface area (Å²) < 4.78 is 6.53. The number of nitrogens with one attached hydrogen (secondary N) is 1. The fourth-order valence-electron chi connectivity index (χ4n) is 3.88. The summed E-state index contributed by atoms with van der Waals surface area (Å²) in [6.07, 6.45) is 2.54. The minimum Gasteiger partial charge on any atom is -0.488 e. The van der Waals surface area contributed by atoms with Crippen LogP contribution >= 0.6 is 28.1 Å². The number of rotatable bonds is 7. The highest BCUT2D eigenvalue weighted by molar-refractivity contribution is 9.10. The number of nitrogens with zero attached hydrogens (tertiary/aromatic N) is 2. The summed E-state index contributed by atoms with van der Waals surface area (Å²) in [5.41, 5.74) is 3.71. The largest absolute Gasteiger partial charge is 0.488 e. The van der Waals surface area contributed by atoms with Gasteiger partial charge in [-0.15, -0.1) is 0 Å². The van der Waals surface area contributed by atoms with E-state index in [1.165, 1.54) is 16.5 Å². The highest BCUT2D eigenvalue weighted by Crippen LogP contribution is 2.30. The summed E-state index contributed by atoms with van der Waals surface area (Å²) in [6.45, 7) is 4.50. The third kappa shape index (κ3) is 5.79. The number of hydrogen-bond donors (Lipinski definition) is 1. The van der Waals surface area contributed by atoms with Crippen LogP contribution in [0.5, 0.6) is 5.75 Å². The van der Waals surface area contributed by atoms with E-state index < -0.39 is 11.8 Å². The average Bonchev–Trinajstić information content (AvgIpc) is 2.90. The van der Waals surface area contributed by atoms with Crippen molar-refractivity contribution in [2.45, 2.75) is 32.8 Å². The molecular weight excluding hydrogens is 550 g/mol. The lowest BCUT2D eigenvalue weighted by Crippen LogP contribution is -2.54. The summed E-state index contributed by atoms with van der Waals surface area (Å²) in [4.78, 5) is 27.4. The van der Waals surface area contributed by atoms with Gasteiger partial charge in [-0.1, -0.05) is 50.2 Å². The molecule has 4 rings (SSSR count).